The number of aliphatic hydroxyl groups is 3. The summed E-state index contributed by atoms with van der Waals surface area (Å²) in [5.74, 6) is 3.95. The lowest BCUT2D eigenvalue weighted by molar-refractivity contribution is 0.275. The Labute approximate surface area is 453 Å². The van der Waals surface area contributed by atoms with Crippen LogP contribution in [0.2, 0.25) is 0 Å². The van der Waals surface area contributed by atoms with Gasteiger partial charge in [0.2, 0.25) is 0 Å². The molecule has 0 aliphatic carbocycles. The molecule has 0 radical (unpaired) electrons. The molecule has 0 fully saturated rings. The van der Waals surface area contributed by atoms with E-state index < -0.39 is 48.3 Å². The quantitative estimate of drug-likeness (QED) is 0.0436. The molecule has 8 aromatic carbocycles. The van der Waals surface area contributed by atoms with Crippen molar-refractivity contribution in [2.24, 2.45) is 22.9 Å². The van der Waals surface area contributed by atoms with Crippen molar-refractivity contribution in [3.63, 3.8) is 0 Å². The summed E-state index contributed by atoms with van der Waals surface area (Å²) >= 11 is 0. The molecule has 1 aliphatic rings. The van der Waals surface area contributed by atoms with Crippen molar-refractivity contribution in [2.75, 3.05) is 0 Å². The van der Waals surface area contributed by atoms with Gasteiger partial charge in [-0.05, 0) is 163 Å². The number of benzene rings is 8. The average molecular weight is 1060 g/mol. The highest BCUT2D eigenvalue weighted by Crippen LogP contribution is 2.27. The summed E-state index contributed by atoms with van der Waals surface area (Å²) in [5.41, 5.74) is 29.8. The zero-order valence-corrected chi connectivity index (χ0v) is 42.5. The van der Waals surface area contributed by atoms with Crippen molar-refractivity contribution >= 4 is 50.3 Å². The Morgan fingerprint density at radius 2 is 0.705 bits per heavy atom. The third-order valence-electron chi connectivity index (χ3n) is 12.5. The molecule has 0 amide bonds. The van der Waals surface area contributed by atoms with Crippen molar-refractivity contribution < 1.29 is 68.6 Å². The van der Waals surface area contributed by atoms with E-state index in [0.29, 0.717) is 89.7 Å². The number of fused-ring (bicyclic) bond motifs is 1. The fraction of sp³-hybridized carbons (Fsp3) is 0.143. The van der Waals surface area contributed by atoms with Crippen LogP contribution in [-0.2, 0) is 66.4 Å². The molecule has 22 heteroatoms. The van der Waals surface area contributed by atoms with Crippen molar-refractivity contribution in [2.45, 2.75) is 52.6 Å². The van der Waals surface area contributed by atoms with Crippen molar-refractivity contribution in [3.8, 4) is 46.0 Å². The standard InChI is InChI=1S/C42H44B3N3O10.C14H14BNO3.H2O/c46-22-28-1-10-34(11-2-28)54-37-16-7-31(25-49)40(19-37)43(52)57-45(42-21-39(18-9-33(42)27-51)56-36-14-5-30(24-48)6-15-36)58-44(53)41-20-38(17-8-32(41)26-50)55-35-12-3-29(23-47)4-13-35;16-8-10-1-4-12(5-2-10)19-13-6-3-11-9-18-15(17)14(11)7-13;/h1-21,49-53H,22-27,46-48H2;1-7,17H,8-9,16H2;1H2. The first-order chi connectivity index (χ1) is 37.5. The second kappa shape index (κ2) is 28.3. The number of hydrogen-bond acceptors (Lipinski definition) is 17. The van der Waals surface area contributed by atoms with Gasteiger partial charge < -0.3 is 91.5 Å². The van der Waals surface area contributed by atoms with E-state index in [1.165, 1.54) is 12.1 Å². The van der Waals surface area contributed by atoms with Gasteiger partial charge in [0.1, 0.15) is 46.0 Å². The second-order valence-electron chi connectivity index (χ2n) is 17.7. The summed E-state index contributed by atoms with van der Waals surface area (Å²) < 4.78 is 41.5. The van der Waals surface area contributed by atoms with Gasteiger partial charge in [0.25, 0.3) is 0 Å². The molecule has 0 aromatic heterocycles. The first kappa shape index (κ1) is 58.3. The van der Waals surface area contributed by atoms with Crippen LogP contribution in [0.15, 0.2) is 170 Å². The molecular weight excluding hydrogens is 996 g/mol. The molecule has 8 aromatic rings. The molecule has 0 saturated heterocycles. The van der Waals surface area contributed by atoms with E-state index in [0.717, 1.165) is 39.0 Å². The van der Waals surface area contributed by atoms with Gasteiger partial charge in [-0.2, -0.15) is 0 Å². The van der Waals surface area contributed by atoms with E-state index in [4.69, 9.17) is 55.7 Å². The molecule has 0 spiro atoms. The molecule has 0 unspecified atom stereocenters. The maximum absolute atomic E-state index is 11.7. The predicted octanol–water partition coefficient (Wildman–Crippen LogP) is 2.75. The van der Waals surface area contributed by atoms with Crippen LogP contribution in [0, 0.1) is 0 Å². The maximum atomic E-state index is 11.7. The van der Waals surface area contributed by atoms with E-state index in [-0.39, 0.29) is 21.9 Å². The highest BCUT2D eigenvalue weighted by molar-refractivity contribution is 6.79. The van der Waals surface area contributed by atoms with Gasteiger partial charge in [0, 0.05) is 26.2 Å². The minimum Gasteiger partial charge on any atom is -0.457 e. The van der Waals surface area contributed by atoms with Crippen LogP contribution in [0.1, 0.15) is 44.5 Å². The Hall–Kier alpha value is -7.34. The molecule has 18 nitrogen and oxygen atoms in total. The van der Waals surface area contributed by atoms with Crippen molar-refractivity contribution in [3.05, 3.63) is 214 Å². The Kier molecular flexibility index (Phi) is 21.2. The smallest absolute Gasteiger partial charge is 0.457 e. The van der Waals surface area contributed by atoms with Crippen LogP contribution in [0.4, 0.5) is 0 Å². The third-order valence-corrected chi connectivity index (χ3v) is 12.5. The van der Waals surface area contributed by atoms with E-state index in [9.17, 15) is 30.4 Å². The van der Waals surface area contributed by atoms with Crippen LogP contribution >= 0.6 is 0 Å². The third kappa shape index (κ3) is 15.2. The van der Waals surface area contributed by atoms with E-state index in [1.54, 1.807) is 78.9 Å². The second-order valence-corrected chi connectivity index (χ2v) is 17.7. The lowest BCUT2D eigenvalue weighted by Gasteiger charge is -2.24. The monoisotopic (exact) mass is 1060 g/mol. The van der Waals surface area contributed by atoms with Crippen LogP contribution in [-0.4, -0.2) is 64.3 Å². The summed E-state index contributed by atoms with van der Waals surface area (Å²) in [6.45, 7) is 0.688. The highest BCUT2D eigenvalue weighted by atomic mass is 16.6. The predicted molar refractivity (Wildman–Crippen MR) is 300 cm³/mol. The van der Waals surface area contributed by atoms with Gasteiger partial charge in [-0.3, -0.25) is 0 Å². The summed E-state index contributed by atoms with van der Waals surface area (Å²) in [6, 6.07) is 49.0. The fourth-order valence-corrected chi connectivity index (χ4v) is 8.16. The number of aliphatic hydroxyl groups excluding tert-OH is 3. The van der Waals surface area contributed by atoms with Gasteiger partial charge in [0.05, 0.1) is 26.4 Å². The molecule has 78 heavy (non-hydrogen) atoms. The van der Waals surface area contributed by atoms with Gasteiger partial charge >= 0.3 is 28.5 Å². The minimum absolute atomic E-state index is 0. The summed E-state index contributed by atoms with van der Waals surface area (Å²) in [6.07, 6.45) is 0. The molecule has 1 heterocycles. The van der Waals surface area contributed by atoms with Crippen molar-refractivity contribution in [1.82, 2.24) is 0 Å². The van der Waals surface area contributed by atoms with Crippen molar-refractivity contribution in [1.29, 1.82) is 0 Å². The first-order valence-corrected chi connectivity index (χ1v) is 24.7. The number of nitrogens with two attached hydrogens (primary N) is 4. The summed E-state index contributed by atoms with van der Waals surface area (Å²) in [7, 11) is -5.98. The number of ether oxygens (including phenoxy) is 4. The topological polar surface area (TPSA) is 322 Å². The van der Waals surface area contributed by atoms with Gasteiger partial charge in [-0.1, -0.05) is 72.8 Å². The zero-order chi connectivity index (χ0) is 54.3. The molecule has 16 N–H and O–H groups in total. The first-order valence-electron chi connectivity index (χ1n) is 24.7. The Bertz CT molecular complexity index is 3080. The highest BCUT2D eigenvalue weighted by Gasteiger charge is 2.37. The van der Waals surface area contributed by atoms with E-state index in [2.05, 4.69) is 0 Å². The van der Waals surface area contributed by atoms with E-state index in [1.807, 2.05) is 78.9 Å². The maximum Gasteiger partial charge on any atom is 0.491 e. The Morgan fingerprint density at radius 1 is 0.410 bits per heavy atom. The largest absolute Gasteiger partial charge is 0.491 e. The van der Waals surface area contributed by atoms with Crippen LogP contribution in [0.3, 0.4) is 0 Å². The molecular formula is C56H60B4N4O14. The van der Waals surface area contributed by atoms with Crippen LogP contribution in [0.25, 0.3) is 0 Å². The zero-order valence-electron chi connectivity index (χ0n) is 42.5. The summed E-state index contributed by atoms with van der Waals surface area (Å²) in [4.78, 5) is 0. The van der Waals surface area contributed by atoms with Crippen LogP contribution in [0.5, 0.6) is 46.0 Å². The SMILES string of the molecule is NCc1ccc(Oc2ccc(CO)c(B(O)OB(OB(O)c3cc(Oc4ccc(CN)cc4)ccc3CO)c3cc(Oc4ccc(CN)cc4)ccc3CO)c2)cc1.NCc1ccc(Oc2ccc3c(c2)B(O)OC3)cc1.O. The Balaban J connectivity index is 0.000000368. The summed E-state index contributed by atoms with van der Waals surface area (Å²) in [5, 5.41) is 64.1. The minimum atomic E-state index is -1.77. The van der Waals surface area contributed by atoms with Gasteiger partial charge in [0.15, 0.2) is 0 Å². The molecule has 400 valence electrons. The molecule has 1 aliphatic heterocycles. The number of hydrogen-bond donors (Lipinski definition) is 10. The lowest BCUT2D eigenvalue weighted by atomic mass is 9.65. The lowest BCUT2D eigenvalue weighted by Crippen LogP contribution is -2.53. The van der Waals surface area contributed by atoms with E-state index >= 15 is 0 Å². The molecule has 0 atom stereocenters. The van der Waals surface area contributed by atoms with Gasteiger partial charge in [-0.15, -0.1) is 0 Å². The van der Waals surface area contributed by atoms with Crippen LogP contribution < -0.4 is 63.7 Å². The number of rotatable bonds is 22. The fourth-order valence-electron chi connectivity index (χ4n) is 8.16. The Morgan fingerprint density at radius 3 is 1.04 bits per heavy atom. The molecule has 0 saturated carbocycles. The molecule has 9 rings (SSSR count). The van der Waals surface area contributed by atoms with Gasteiger partial charge in [-0.25, -0.2) is 0 Å². The average Bonchev–Trinajstić information content (AvgIpc) is 3.85. The normalized spacial score (nSPS) is 11.4. The molecule has 0 bridgehead atoms.